The molecule has 2 rings (SSSR count). The average Bonchev–Trinajstić information content (AvgIpc) is 2.38. The molecular formula is C13H9FO4S. The monoisotopic (exact) mass is 280 g/mol. The molecule has 0 aliphatic heterocycles. The molecule has 0 radical (unpaired) electrons. The highest BCUT2D eigenvalue weighted by Crippen LogP contribution is 2.23. The Morgan fingerprint density at radius 2 is 1.37 bits per heavy atom. The fraction of sp³-hybridized carbons (Fsp3) is 0. The second-order valence-electron chi connectivity index (χ2n) is 3.74. The summed E-state index contributed by atoms with van der Waals surface area (Å²) in [5.41, 5.74) is 2.20. The van der Waals surface area contributed by atoms with E-state index < -0.39 is 10.5 Å². The first kappa shape index (κ1) is 13.2. The number of carbonyl (C=O) groups excluding carboxylic acids is 1. The van der Waals surface area contributed by atoms with E-state index in [0.29, 0.717) is 5.56 Å². The van der Waals surface area contributed by atoms with Crippen molar-refractivity contribution in [2.45, 2.75) is 0 Å². The predicted octanol–water partition coefficient (Wildman–Crippen LogP) is 2.76. The molecule has 0 spiro atoms. The molecule has 0 saturated heterocycles. The molecule has 0 aromatic heterocycles. The van der Waals surface area contributed by atoms with Crippen molar-refractivity contribution in [3.05, 3.63) is 54.1 Å². The molecule has 2 aromatic rings. The Hall–Kier alpha value is -2.21. The molecule has 0 N–H and O–H groups in total. The van der Waals surface area contributed by atoms with E-state index >= 15 is 0 Å². The van der Waals surface area contributed by atoms with Crippen LogP contribution in [0.5, 0.6) is 5.75 Å². The summed E-state index contributed by atoms with van der Waals surface area (Å²) in [7, 11) is -5.00. The van der Waals surface area contributed by atoms with E-state index in [1.807, 2.05) is 0 Å². The zero-order valence-corrected chi connectivity index (χ0v) is 10.4. The minimum absolute atomic E-state index is 0.101. The standard InChI is InChI=1S/C13H9FO4S/c14-19(16,17)18-13-7-5-12(6-8-13)11-3-1-10(9-15)2-4-11/h1-9H. The normalized spacial score (nSPS) is 11.0. The van der Waals surface area contributed by atoms with Crippen molar-refractivity contribution >= 4 is 16.8 Å². The molecule has 0 saturated carbocycles. The summed E-state index contributed by atoms with van der Waals surface area (Å²) in [6.07, 6.45) is 0.743. The number of hydrogen-bond donors (Lipinski definition) is 0. The third kappa shape index (κ3) is 3.62. The first-order valence-corrected chi connectivity index (χ1v) is 6.58. The summed E-state index contributed by atoms with van der Waals surface area (Å²) in [6, 6.07) is 12.7. The van der Waals surface area contributed by atoms with Gasteiger partial charge in [-0.2, -0.15) is 8.42 Å². The summed E-state index contributed by atoms with van der Waals surface area (Å²) in [5, 5.41) is 0. The third-order valence-electron chi connectivity index (χ3n) is 2.43. The van der Waals surface area contributed by atoms with Crippen LogP contribution in [0.2, 0.25) is 0 Å². The van der Waals surface area contributed by atoms with Gasteiger partial charge in [-0.05, 0) is 23.3 Å². The van der Waals surface area contributed by atoms with Crippen molar-refractivity contribution < 1.29 is 21.3 Å². The summed E-state index contributed by atoms with van der Waals surface area (Å²) in [4.78, 5) is 10.5. The summed E-state index contributed by atoms with van der Waals surface area (Å²) in [5.74, 6) is -0.101. The number of carbonyl (C=O) groups is 1. The first-order chi connectivity index (χ1) is 8.98. The molecule has 0 aliphatic rings. The highest BCUT2D eigenvalue weighted by molar-refractivity contribution is 7.81. The average molecular weight is 280 g/mol. The summed E-state index contributed by atoms with van der Waals surface area (Å²) >= 11 is 0. The van der Waals surface area contributed by atoms with Crippen molar-refractivity contribution in [1.29, 1.82) is 0 Å². The van der Waals surface area contributed by atoms with Gasteiger partial charge in [-0.1, -0.05) is 40.3 Å². The predicted molar refractivity (Wildman–Crippen MR) is 67.9 cm³/mol. The topological polar surface area (TPSA) is 60.4 Å². The Balaban J connectivity index is 2.24. The Labute approximate surface area is 109 Å². The maximum atomic E-state index is 12.3. The first-order valence-electron chi connectivity index (χ1n) is 5.28. The van der Waals surface area contributed by atoms with Gasteiger partial charge in [0.05, 0.1) is 0 Å². The lowest BCUT2D eigenvalue weighted by Crippen LogP contribution is -2.00. The van der Waals surface area contributed by atoms with Gasteiger partial charge in [-0.3, -0.25) is 4.79 Å². The van der Waals surface area contributed by atoms with Crippen LogP contribution in [0.4, 0.5) is 3.89 Å². The molecule has 0 unspecified atom stereocenters. The van der Waals surface area contributed by atoms with Crippen LogP contribution in [-0.4, -0.2) is 14.7 Å². The highest BCUT2D eigenvalue weighted by atomic mass is 32.3. The van der Waals surface area contributed by atoms with Crippen LogP contribution in [-0.2, 0) is 10.5 Å². The minimum atomic E-state index is -5.00. The molecular weight excluding hydrogens is 271 g/mol. The number of hydrogen-bond acceptors (Lipinski definition) is 4. The van der Waals surface area contributed by atoms with E-state index in [1.54, 1.807) is 36.4 Å². The molecule has 98 valence electrons. The van der Waals surface area contributed by atoms with E-state index in [1.165, 1.54) is 12.1 Å². The van der Waals surface area contributed by atoms with Gasteiger partial charge in [-0.15, -0.1) is 0 Å². The Kier molecular flexibility index (Phi) is 3.62. The van der Waals surface area contributed by atoms with Crippen LogP contribution in [0.1, 0.15) is 10.4 Å². The molecule has 0 fully saturated rings. The molecule has 0 aliphatic carbocycles. The van der Waals surface area contributed by atoms with Crippen LogP contribution < -0.4 is 4.18 Å². The smallest absolute Gasteiger partial charge is 0.358 e. The van der Waals surface area contributed by atoms with Gasteiger partial charge >= 0.3 is 10.5 Å². The quantitative estimate of drug-likeness (QED) is 0.638. The molecule has 0 amide bonds. The molecule has 0 bridgehead atoms. The van der Waals surface area contributed by atoms with Gasteiger partial charge in [0.25, 0.3) is 0 Å². The fourth-order valence-corrected chi connectivity index (χ4v) is 1.91. The van der Waals surface area contributed by atoms with Crippen LogP contribution in [0.15, 0.2) is 48.5 Å². The Morgan fingerprint density at radius 3 is 1.79 bits per heavy atom. The second-order valence-corrected chi connectivity index (χ2v) is 4.69. The molecule has 4 nitrogen and oxygen atoms in total. The lowest BCUT2D eigenvalue weighted by molar-refractivity contribution is 0.112. The van der Waals surface area contributed by atoms with Crippen LogP contribution in [0.25, 0.3) is 11.1 Å². The van der Waals surface area contributed by atoms with Crippen molar-refractivity contribution in [3.8, 4) is 16.9 Å². The zero-order chi connectivity index (χ0) is 13.9. The Bertz CT molecular complexity index is 676. The second kappa shape index (κ2) is 5.19. The van der Waals surface area contributed by atoms with E-state index in [0.717, 1.165) is 17.4 Å². The summed E-state index contributed by atoms with van der Waals surface area (Å²) in [6.45, 7) is 0. The maximum absolute atomic E-state index is 12.3. The van der Waals surface area contributed by atoms with Crippen molar-refractivity contribution in [3.63, 3.8) is 0 Å². The van der Waals surface area contributed by atoms with Crippen molar-refractivity contribution in [2.24, 2.45) is 0 Å². The van der Waals surface area contributed by atoms with Gasteiger partial charge in [0.15, 0.2) is 0 Å². The van der Waals surface area contributed by atoms with Gasteiger partial charge in [0.1, 0.15) is 12.0 Å². The fourth-order valence-electron chi connectivity index (χ4n) is 1.57. The molecule has 0 atom stereocenters. The van der Waals surface area contributed by atoms with E-state index in [-0.39, 0.29) is 5.75 Å². The van der Waals surface area contributed by atoms with Crippen molar-refractivity contribution in [1.82, 2.24) is 0 Å². The number of rotatable bonds is 4. The largest absolute Gasteiger partial charge is 0.488 e. The van der Waals surface area contributed by atoms with E-state index in [9.17, 15) is 17.1 Å². The highest BCUT2D eigenvalue weighted by Gasteiger charge is 2.09. The Morgan fingerprint density at radius 1 is 0.895 bits per heavy atom. The lowest BCUT2D eigenvalue weighted by atomic mass is 10.0. The zero-order valence-electron chi connectivity index (χ0n) is 9.62. The van der Waals surface area contributed by atoms with Crippen LogP contribution in [0.3, 0.4) is 0 Å². The van der Waals surface area contributed by atoms with Gasteiger partial charge in [0, 0.05) is 5.56 Å². The number of halogens is 1. The van der Waals surface area contributed by atoms with Crippen LogP contribution >= 0.6 is 0 Å². The maximum Gasteiger partial charge on any atom is 0.488 e. The van der Waals surface area contributed by atoms with Gasteiger partial charge < -0.3 is 4.18 Å². The van der Waals surface area contributed by atoms with Gasteiger partial charge in [-0.25, -0.2) is 0 Å². The lowest BCUT2D eigenvalue weighted by Gasteiger charge is -2.04. The molecule has 0 heterocycles. The minimum Gasteiger partial charge on any atom is -0.358 e. The summed E-state index contributed by atoms with van der Waals surface area (Å²) < 4.78 is 37.0. The van der Waals surface area contributed by atoms with Gasteiger partial charge in [0.2, 0.25) is 0 Å². The molecule has 6 heteroatoms. The molecule has 2 aromatic carbocycles. The third-order valence-corrected chi connectivity index (χ3v) is 2.82. The SMILES string of the molecule is O=Cc1ccc(-c2ccc(OS(=O)(=O)F)cc2)cc1. The van der Waals surface area contributed by atoms with E-state index in [2.05, 4.69) is 4.18 Å². The number of aldehydes is 1. The molecule has 19 heavy (non-hydrogen) atoms. The van der Waals surface area contributed by atoms with Crippen LogP contribution in [0, 0.1) is 0 Å². The van der Waals surface area contributed by atoms with E-state index in [4.69, 9.17) is 0 Å². The number of benzene rings is 2. The van der Waals surface area contributed by atoms with Crippen molar-refractivity contribution in [2.75, 3.05) is 0 Å².